The van der Waals surface area contributed by atoms with Gasteiger partial charge in [-0.2, -0.15) is 13.2 Å². The van der Waals surface area contributed by atoms with Crippen molar-refractivity contribution in [3.05, 3.63) is 30.0 Å². The molecule has 0 atom stereocenters. The average Bonchev–Trinajstić information content (AvgIpc) is 2.73. The summed E-state index contributed by atoms with van der Waals surface area (Å²) >= 11 is 0. The summed E-state index contributed by atoms with van der Waals surface area (Å²) in [6, 6.07) is 0.329. The van der Waals surface area contributed by atoms with Gasteiger partial charge in [0.25, 0.3) is 0 Å². The normalized spacial score (nSPS) is 11.0. The minimum absolute atomic E-state index is 0. The predicted octanol–water partition coefficient (Wildman–Crippen LogP) is -2.74. The van der Waals surface area contributed by atoms with Crippen LogP contribution < -0.4 is 24.0 Å². The first kappa shape index (κ1) is 16.2. The van der Waals surface area contributed by atoms with Crippen LogP contribution in [0, 0.1) is 0 Å². The van der Waals surface area contributed by atoms with Crippen molar-refractivity contribution in [2.45, 2.75) is 6.18 Å². The maximum Gasteiger partial charge on any atom is 1.00 e. The first-order valence-electron chi connectivity index (χ1n) is 4.93. The smallest absolute Gasteiger partial charge is 0.543 e. The second-order valence-corrected chi connectivity index (χ2v) is 3.64. The minimum Gasteiger partial charge on any atom is -0.543 e. The van der Waals surface area contributed by atoms with E-state index in [-0.39, 0.29) is 30.4 Å². The molecular formula is C10H6F3LiN4O2. The van der Waals surface area contributed by atoms with Crippen molar-refractivity contribution in [3.8, 4) is 11.5 Å². The number of nitrogens with zero attached hydrogens (tertiary/aromatic N) is 4. The molecule has 0 bridgehead atoms. The van der Waals surface area contributed by atoms with E-state index in [4.69, 9.17) is 0 Å². The van der Waals surface area contributed by atoms with E-state index < -0.39 is 23.5 Å². The summed E-state index contributed by atoms with van der Waals surface area (Å²) in [4.78, 5) is 21.2. The van der Waals surface area contributed by atoms with Gasteiger partial charge in [0.05, 0.1) is 24.2 Å². The maximum absolute atomic E-state index is 12.6. The summed E-state index contributed by atoms with van der Waals surface area (Å²) in [5.74, 6) is -2.19. The second kappa shape index (κ2) is 5.64. The summed E-state index contributed by atoms with van der Waals surface area (Å²) in [5.41, 5.74) is -2.02. The fraction of sp³-hybridized carbons (Fsp3) is 0.200. The van der Waals surface area contributed by atoms with E-state index >= 15 is 0 Å². The predicted molar refractivity (Wildman–Crippen MR) is 53.6 cm³/mol. The third-order valence-electron chi connectivity index (χ3n) is 2.27. The van der Waals surface area contributed by atoms with Crippen LogP contribution in [0.5, 0.6) is 0 Å². The number of aromatic carboxylic acids is 1. The number of rotatable bonds is 2. The van der Waals surface area contributed by atoms with Crippen molar-refractivity contribution in [3.63, 3.8) is 0 Å². The molecule has 0 unspecified atom stereocenters. The number of hydrogen-bond acceptors (Lipinski definition) is 5. The number of aromatic nitrogens is 4. The Morgan fingerprint density at radius 3 is 2.45 bits per heavy atom. The molecule has 0 N–H and O–H groups in total. The molecule has 2 aromatic rings. The molecule has 2 aromatic heterocycles. The van der Waals surface area contributed by atoms with Gasteiger partial charge >= 0.3 is 25.0 Å². The quantitative estimate of drug-likeness (QED) is 0.557. The Kier molecular flexibility index (Phi) is 4.57. The van der Waals surface area contributed by atoms with E-state index in [9.17, 15) is 23.1 Å². The van der Waals surface area contributed by atoms with E-state index in [1.54, 1.807) is 0 Å². The van der Waals surface area contributed by atoms with Crippen LogP contribution in [0.15, 0.2) is 18.6 Å². The molecule has 0 aliphatic rings. The van der Waals surface area contributed by atoms with Crippen molar-refractivity contribution < 1.29 is 41.9 Å². The minimum atomic E-state index is -4.78. The zero-order chi connectivity index (χ0) is 14.2. The molecule has 100 valence electrons. The number of halogens is 3. The van der Waals surface area contributed by atoms with Crippen LogP contribution in [0.4, 0.5) is 13.2 Å². The van der Waals surface area contributed by atoms with E-state index in [0.29, 0.717) is 6.07 Å². The van der Waals surface area contributed by atoms with E-state index in [2.05, 4.69) is 15.0 Å². The Hall–Kier alpha value is -1.85. The van der Waals surface area contributed by atoms with Crippen LogP contribution in [0.25, 0.3) is 11.5 Å². The number of carbonyl (C=O) groups excluding carboxylic acids is 1. The molecule has 0 aliphatic heterocycles. The molecule has 0 saturated carbocycles. The van der Waals surface area contributed by atoms with Gasteiger partial charge in [0, 0.05) is 7.05 Å². The van der Waals surface area contributed by atoms with Gasteiger partial charge in [-0.25, -0.2) is 15.0 Å². The van der Waals surface area contributed by atoms with Gasteiger partial charge < -0.3 is 14.5 Å². The topological polar surface area (TPSA) is 83.7 Å². The van der Waals surface area contributed by atoms with Crippen molar-refractivity contribution in [2.75, 3.05) is 0 Å². The number of aryl methyl sites for hydroxylation is 1. The number of carboxylic acids is 1. The molecular weight excluding hydrogens is 272 g/mol. The Bertz CT molecular complexity index is 642. The molecule has 0 saturated heterocycles. The Morgan fingerprint density at radius 2 is 2.00 bits per heavy atom. The molecule has 10 heteroatoms. The van der Waals surface area contributed by atoms with Gasteiger partial charge in [0.15, 0.2) is 5.82 Å². The molecule has 0 spiro atoms. The van der Waals surface area contributed by atoms with Crippen LogP contribution in [0.1, 0.15) is 16.2 Å². The van der Waals surface area contributed by atoms with Crippen molar-refractivity contribution in [1.29, 1.82) is 0 Å². The van der Waals surface area contributed by atoms with E-state index in [1.165, 1.54) is 24.1 Å². The summed E-state index contributed by atoms with van der Waals surface area (Å²) < 4.78 is 39.3. The summed E-state index contributed by atoms with van der Waals surface area (Å²) in [5, 5.41) is 10.7. The maximum atomic E-state index is 12.6. The fourth-order valence-electron chi connectivity index (χ4n) is 1.38. The Morgan fingerprint density at radius 1 is 1.35 bits per heavy atom. The van der Waals surface area contributed by atoms with Gasteiger partial charge in [-0.15, -0.1) is 0 Å². The molecule has 0 aromatic carbocycles. The van der Waals surface area contributed by atoms with Crippen LogP contribution in [-0.4, -0.2) is 25.5 Å². The molecule has 2 heterocycles. The molecule has 0 fully saturated rings. The SMILES string of the molecule is Cn1cncc1-c1nc(C(=O)[O-])cc(C(F)(F)F)n1.[Li+]. The van der Waals surface area contributed by atoms with Crippen LogP contribution in [-0.2, 0) is 13.2 Å². The molecule has 2 rings (SSSR count). The van der Waals surface area contributed by atoms with Gasteiger partial charge in [0.1, 0.15) is 11.4 Å². The monoisotopic (exact) mass is 278 g/mol. The first-order chi connectivity index (χ1) is 8.79. The number of carbonyl (C=O) groups is 1. The van der Waals surface area contributed by atoms with E-state index in [1.807, 2.05) is 0 Å². The zero-order valence-electron chi connectivity index (χ0n) is 10.5. The molecule has 0 aliphatic carbocycles. The standard InChI is InChI=1S/C10H7F3N4O2.Li/c1-17-4-14-3-6(17)8-15-5(9(18)19)2-7(16-8)10(11,12)13;/h2-4H,1H3,(H,18,19);/q;+1/p-1. The number of alkyl halides is 3. The van der Waals surface area contributed by atoms with Crippen molar-refractivity contribution in [1.82, 2.24) is 19.5 Å². The van der Waals surface area contributed by atoms with Gasteiger partial charge in [0.2, 0.25) is 0 Å². The molecule has 0 amide bonds. The first-order valence-corrected chi connectivity index (χ1v) is 4.93. The van der Waals surface area contributed by atoms with E-state index in [0.717, 1.165) is 0 Å². The fourth-order valence-corrected chi connectivity index (χ4v) is 1.38. The summed E-state index contributed by atoms with van der Waals surface area (Å²) in [6.45, 7) is 0. The zero-order valence-corrected chi connectivity index (χ0v) is 10.5. The molecule has 0 radical (unpaired) electrons. The van der Waals surface area contributed by atoms with Crippen LogP contribution in [0.2, 0.25) is 0 Å². The summed E-state index contributed by atoms with van der Waals surface area (Å²) in [6.07, 6.45) is -2.22. The Labute approximate surface area is 122 Å². The van der Waals surface area contributed by atoms with Gasteiger partial charge in [-0.1, -0.05) is 0 Å². The second-order valence-electron chi connectivity index (χ2n) is 3.64. The molecule has 20 heavy (non-hydrogen) atoms. The van der Waals surface area contributed by atoms with Crippen molar-refractivity contribution >= 4 is 5.97 Å². The van der Waals surface area contributed by atoms with Crippen LogP contribution >= 0.6 is 0 Å². The van der Waals surface area contributed by atoms with Gasteiger partial charge in [-0.05, 0) is 6.07 Å². The number of hydrogen-bond donors (Lipinski definition) is 0. The van der Waals surface area contributed by atoms with Gasteiger partial charge in [-0.3, -0.25) is 0 Å². The molecule has 6 nitrogen and oxygen atoms in total. The van der Waals surface area contributed by atoms with Crippen molar-refractivity contribution in [2.24, 2.45) is 7.05 Å². The van der Waals surface area contributed by atoms with Crippen LogP contribution in [0.3, 0.4) is 0 Å². The Balaban J connectivity index is 0.00000200. The number of imidazole rings is 1. The third kappa shape index (κ3) is 3.18. The largest absolute Gasteiger partial charge is 1.00 e. The summed E-state index contributed by atoms with van der Waals surface area (Å²) in [7, 11) is 1.52. The number of carboxylic acid groups (broad SMARTS) is 1. The average molecular weight is 278 g/mol. The third-order valence-corrected chi connectivity index (χ3v) is 2.27.